The van der Waals surface area contributed by atoms with E-state index in [1.165, 1.54) is 102 Å². The number of hydrogen-bond donors (Lipinski definition) is 1. The molecule has 2 atom stereocenters. The van der Waals surface area contributed by atoms with Crippen LogP contribution in [0.3, 0.4) is 0 Å². The second kappa shape index (κ2) is 25.5. The van der Waals surface area contributed by atoms with Gasteiger partial charge in [-0.05, 0) is 58.1 Å². The van der Waals surface area contributed by atoms with Crippen molar-refractivity contribution < 1.29 is 19.4 Å². The Morgan fingerprint density at radius 2 is 1.04 bits per heavy atom. The number of aliphatic carboxylic acids is 1. The summed E-state index contributed by atoms with van der Waals surface area (Å²) in [6, 6.07) is 6.04. The number of thioether (sulfide) groups is 1. The Labute approximate surface area is 289 Å². The highest BCUT2D eigenvalue weighted by Crippen LogP contribution is 2.44. The van der Waals surface area contributed by atoms with E-state index >= 15 is 0 Å². The molecule has 2 unspecified atom stereocenters. The number of carboxylic acids is 1. The number of unbranched alkanes of at least 4 members (excludes halogenated alkanes) is 19. The minimum atomic E-state index is -1.04. The van der Waals surface area contributed by atoms with Gasteiger partial charge in [0.05, 0.1) is 0 Å². The average Bonchev–Trinajstić information content (AvgIpc) is 3.02. The summed E-state index contributed by atoms with van der Waals surface area (Å²) in [5.41, 5.74) is 2.22. The van der Waals surface area contributed by atoms with Crippen LogP contribution in [0.4, 0.5) is 0 Å². The molecule has 1 aromatic carbocycles. The lowest BCUT2D eigenvalue weighted by molar-refractivity contribution is -0.139. The van der Waals surface area contributed by atoms with Crippen LogP contribution in [0, 0.1) is 6.92 Å². The van der Waals surface area contributed by atoms with E-state index in [0.717, 1.165) is 68.9 Å². The van der Waals surface area contributed by atoms with Crippen molar-refractivity contribution in [2.24, 2.45) is 0 Å². The topological polar surface area (TPSA) is 63.6 Å². The fourth-order valence-corrected chi connectivity index (χ4v) is 8.07. The van der Waals surface area contributed by atoms with E-state index in [-0.39, 0.29) is 5.97 Å². The van der Waals surface area contributed by atoms with Gasteiger partial charge in [0.2, 0.25) is 0 Å². The zero-order chi connectivity index (χ0) is 34.1. The molecule has 1 aromatic rings. The van der Waals surface area contributed by atoms with Crippen molar-refractivity contribution in [1.82, 2.24) is 0 Å². The van der Waals surface area contributed by atoms with Gasteiger partial charge in [-0.1, -0.05) is 173 Å². The van der Waals surface area contributed by atoms with Crippen molar-refractivity contribution in [2.45, 2.75) is 212 Å². The number of carbonyl (C=O) groups excluding carboxylic acids is 1. The highest BCUT2D eigenvalue weighted by atomic mass is 32.2. The van der Waals surface area contributed by atoms with E-state index in [9.17, 15) is 14.7 Å². The maximum Gasteiger partial charge on any atom is 0.327 e. The van der Waals surface area contributed by atoms with Gasteiger partial charge in [-0.2, -0.15) is 0 Å². The monoisotopic (exact) mass is 661 g/mol. The summed E-state index contributed by atoms with van der Waals surface area (Å²) < 4.78 is 4.21. The molecule has 0 aromatic heterocycles. The van der Waals surface area contributed by atoms with E-state index in [1.54, 1.807) is 0 Å². The number of benzene rings is 1. The third kappa shape index (κ3) is 18.2. The first-order chi connectivity index (χ1) is 22.1. The van der Waals surface area contributed by atoms with Crippen LogP contribution in [-0.4, -0.2) is 26.5 Å². The SMILES string of the molecule is CCCCCCCCCCCCC(C)(SC(C)(CCCCCCCCCCCC)C(=O)Oc1ccc(C)cc1CCCC)C(=O)O. The van der Waals surface area contributed by atoms with E-state index < -0.39 is 15.5 Å². The lowest BCUT2D eigenvalue weighted by Gasteiger charge is -2.35. The first-order valence-electron chi connectivity index (χ1n) is 19.4. The quantitative estimate of drug-likeness (QED) is 0.0505. The maximum absolute atomic E-state index is 14.0. The smallest absolute Gasteiger partial charge is 0.327 e. The average molecular weight is 661 g/mol. The first kappa shape index (κ1) is 42.5. The number of carbonyl (C=O) groups is 2. The van der Waals surface area contributed by atoms with Gasteiger partial charge >= 0.3 is 11.9 Å². The van der Waals surface area contributed by atoms with Gasteiger partial charge in [0.1, 0.15) is 15.2 Å². The maximum atomic E-state index is 14.0. The van der Waals surface area contributed by atoms with Gasteiger partial charge in [0, 0.05) is 0 Å². The van der Waals surface area contributed by atoms with Crippen molar-refractivity contribution in [3.8, 4) is 5.75 Å². The fraction of sp³-hybridized carbons (Fsp3) is 0.805. The summed E-state index contributed by atoms with van der Waals surface area (Å²) in [6.07, 6.45) is 28.6. The lowest BCUT2D eigenvalue weighted by atomic mass is 9.99. The van der Waals surface area contributed by atoms with Gasteiger partial charge in [-0.3, -0.25) is 9.59 Å². The summed E-state index contributed by atoms with van der Waals surface area (Å²) in [5, 5.41) is 10.5. The van der Waals surface area contributed by atoms with Gasteiger partial charge in [0.25, 0.3) is 0 Å². The van der Waals surface area contributed by atoms with Crippen molar-refractivity contribution in [1.29, 1.82) is 0 Å². The molecule has 0 bridgehead atoms. The van der Waals surface area contributed by atoms with Crippen LogP contribution in [0.2, 0.25) is 0 Å². The molecule has 1 N–H and O–H groups in total. The molecule has 0 saturated carbocycles. The molecule has 0 heterocycles. The van der Waals surface area contributed by atoms with Crippen molar-refractivity contribution in [2.75, 3.05) is 0 Å². The molecular formula is C41H72O4S. The molecule has 0 fully saturated rings. The number of rotatable bonds is 30. The molecule has 0 aliphatic carbocycles. The molecule has 1 rings (SSSR count). The predicted molar refractivity (Wildman–Crippen MR) is 200 cm³/mol. The van der Waals surface area contributed by atoms with Gasteiger partial charge < -0.3 is 9.84 Å². The predicted octanol–water partition coefficient (Wildman–Crippen LogP) is 13.2. The number of carboxylic acid groups (broad SMARTS) is 1. The Morgan fingerprint density at radius 1 is 0.630 bits per heavy atom. The summed E-state index contributed by atoms with van der Waals surface area (Å²) in [7, 11) is 0. The Morgan fingerprint density at radius 3 is 1.48 bits per heavy atom. The van der Waals surface area contributed by atoms with E-state index in [1.807, 2.05) is 26.0 Å². The first-order valence-corrected chi connectivity index (χ1v) is 20.2. The second-order valence-electron chi connectivity index (χ2n) is 14.3. The van der Waals surface area contributed by atoms with E-state index in [0.29, 0.717) is 18.6 Å². The third-order valence-corrected chi connectivity index (χ3v) is 11.2. The standard InChI is InChI=1S/C41H72O4S/c1-7-10-13-15-17-19-21-23-25-27-32-40(5,38(42)43)46-41(6,33-28-26-24-22-20-18-16-14-11-8-2)39(44)45-37-31-30-35(4)34-36(37)29-12-9-3/h30-31,34H,7-29,32-33H2,1-6H3,(H,42,43). The third-order valence-electron chi connectivity index (χ3n) is 9.57. The molecule has 0 saturated heterocycles. The largest absolute Gasteiger partial charge is 0.480 e. The summed E-state index contributed by atoms with van der Waals surface area (Å²) in [5.74, 6) is -0.495. The summed E-state index contributed by atoms with van der Waals surface area (Å²) >= 11 is 1.34. The van der Waals surface area contributed by atoms with Crippen molar-refractivity contribution in [3.05, 3.63) is 29.3 Å². The highest BCUT2D eigenvalue weighted by molar-refractivity contribution is 8.03. The number of aryl methyl sites for hydroxylation is 2. The number of esters is 1. The second-order valence-corrected chi connectivity index (χ2v) is 16.3. The van der Waals surface area contributed by atoms with Crippen LogP contribution in [0.25, 0.3) is 0 Å². The number of hydrogen-bond acceptors (Lipinski definition) is 4. The fourth-order valence-electron chi connectivity index (χ4n) is 6.37. The molecule has 0 aliphatic heterocycles. The minimum absolute atomic E-state index is 0.300. The molecular weight excluding hydrogens is 589 g/mol. The van der Waals surface area contributed by atoms with Crippen molar-refractivity contribution in [3.63, 3.8) is 0 Å². The molecule has 46 heavy (non-hydrogen) atoms. The van der Waals surface area contributed by atoms with Gasteiger partial charge in [-0.25, -0.2) is 0 Å². The van der Waals surface area contributed by atoms with Crippen LogP contribution in [0.5, 0.6) is 5.75 Å². The summed E-state index contributed by atoms with van der Waals surface area (Å²) in [4.78, 5) is 26.8. The van der Waals surface area contributed by atoms with Crippen molar-refractivity contribution >= 4 is 23.7 Å². The zero-order valence-electron chi connectivity index (χ0n) is 31.0. The minimum Gasteiger partial charge on any atom is -0.480 e. The Kier molecular flexibility index (Phi) is 23.6. The Bertz CT molecular complexity index is 946. The molecule has 0 aliphatic rings. The number of ether oxygens (including phenoxy) is 1. The molecule has 0 amide bonds. The van der Waals surface area contributed by atoms with E-state index in [2.05, 4.69) is 33.8 Å². The molecule has 0 spiro atoms. The summed E-state index contributed by atoms with van der Waals surface area (Å²) in [6.45, 7) is 12.5. The normalized spacial score (nSPS) is 14.1. The van der Waals surface area contributed by atoms with Crippen LogP contribution in [0.15, 0.2) is 18.2 Å². The lowest BCUT2D eigenvalue weighted by Crippen LogP contribution is -2.44. The van der Waals surface area contributed by atoms with Crippen LogP contribution >= 0.6 is 11.8 Å². The van der Waals surface area contributed by atoms with E-state index in [4.69, 9.17) is 4.74 Å². The Hall–Kier alpha value is -1.49. The molecule has 5 heteroatoms. The van der Waals surface area contributed by atoms with Gasteiger partial charge in [0.15, 0.2) is 0 Å². The van der Waals surface area contributed by atoms with Gasteiger partial charge in [-0.15, -0.1) is 11.8 Å². The zero-order valence-corrected chi connectivity index (χ0v) is 31.8. The highest BCUT2D eigenvalue weighted by Gasteiger charge is 2.46. The molecule has 0 radical (unpaired) electrons. The van der Waals surface area contributed by atoms with Crippen LogP contribution in [-0.2, 0) is 16.0 Å². The molecule has 266 valence electrons. The van der Waals surface area contributed by atoms with Crippen LogP contribution in [0.1, 0.15) is 200 Å². The Balaban J connectivity index is 2.88. The molecule has 4 nitrogen and oxygen atoms in total. The van der Waals surface area contributed by atoms with Crippen LogP contribution < -0.4 is 4.74 Å².